The van der Waals surface area contributed by atoms with E-state index in [-0.39, 0.29) is 48.2 Å². The monoisotopic (exact) mass is 467 g/mol. The summed E-state index contributed by atoms with van der Waals surface area (Å²) in [5.74, 6) is 6.11. The molecule has 0 spiro atoms. The molecule has 2 heterocycles. The number of nitrogens with zero attached hydrogens (tertiary/aromatic N) is 3. The summed E-state index contributed by atoms with van der Waals surface area (Å²) in [6.07, 6.45) is 1.36. The summed E-state index contributed by atoms with van der Waals surface area (Å²) in [7, 11) is 1.96. The van der Waals surface area contributed by atoms with Gasteiger partial charge in [-0.3, -0.25) is 9.69 Å². The Morgan fingerprint density at radius 2 is 2.09 bits per heavy atom. The van der Waals surface area contributed by atoms with E-state index in [1.807, 2.05) is 40.8 Å². The average Bonchev–Trinajstić information content (AvgIpc) is 2.79. The maximum Gasteiger partial charge on any atom is 0.259 e. The minimum absolute atomic E-state index is 0.0248. The molecule has 0 unspecified atom stereocenters. The van der Waals surface area contributed by atoms with E-state index in [2.05, 4.69) is 21.7 Å². The molecule has 3 rings (SSSR count). The fraction of sp³-hybridized carbons (Fsp3) is 0.481. The number of aromatic nitrogens is 1. The van der Waals surface area contributed by atoms with Gasteiger partial charge in [0.2, 0.25) is 5.88 Å². The molecule has 1 N–H and O–H groups in total. The van der Waals surface area contributed by atoms with Crippen molar-refractivity contribution >= 4 is 5.91 Å². The number of halogens is 1. The molecule has 34 heavy (non-hydrogen) atoms. The van der Waals surface area contributed by atoms with Crippen LogP contribution in [-0.4, -0.2) is 64.7 Å². The van der Waals surface area contributed by atoms with Gasteiger partial charge in [-0.15, -0.1) is 0 Å². The molecule has 1 aromatic heterocycles. The van der Waals surface area contributed by atoms with Crippen LogP contribution in [0.4, 0.5) is 4.39 Å². The minimum atomic E-state index is -0.350. The van der Waals surface area contributed by atoms with Gasteiger partial charge in [0.25, 0.3) is 5.91 Å². The second-order valence-corrected chi connectivity index (χ2v) is 9.45. The highest BCUT2D eigenvalue weighted by atomic mass is 19.1. The number of hydrogen-bond donors (Lipinski definition) is 1. The summed E-state index contributed by atoms with van der Waals surface area (Å²) in [4.78, 5) is 21.6. The average molecular weight is 468 g/mol. The Morgan fingerprint density at radius 1 is 1.32 bits per heavy atom. The van der Waals surface area contributed by atoms with E-state index in [9.17, 15) is 14.3 Å². The number of amides is 1. The summed E-state index contributed by atoms with van der Waals surface area (Å²) >= 11 is 0. The molecule has 2 aromatic rings. The topological polar surface area (TPSA) is 65.9 Å². The van der Waals surface area contributed by atoms with Crippen LogP contribution in [0, 0.1) is 29.5 Å². The van der Waals surface area contributed by atoms with Crippen LogP contribution in [0.1, 0.15) is 49.2 Å². The predicted octanol–water partition coefficient (Wildman–Crippen LogP) is 3.58. The van der Waals surface area contributed by atoms with Crippen molar-refractivity contribution in [1.29, 1.82) is 0 Å². The van der Waals surface area contributed by atoms with Gasteiger partial charge in [0.05, 0.1) is 12.6 Å². The van der Waals surface area contributed by atoms with Crippen molar-refractivity contribution in [3.63, 3.8) is 0 Å². The van der Waals surface area contributed by atoms with E-state index in [4.69, 9.17) is 4.74 Å². The largest absolute Gasteiger partial charge is 0.472 e. The standard InChI is InChI=1S/C27H34FN3O3/c1-18(2)9-10-21-12-24-26(29-13-21)34-25(19(3)14-31(27(24)33)20(4)17-32)16-30(5)15-22-7-6-8-23(28)11-22/h6-8,11-13,18-20,25,32H,14-17H2,1-5H3/t19-,20-,25-/m0/s1. The number of carbonyl (C=O) groups excluding carboxylic acids is 1. The van der Waals surface area contributed by atoms with Crippen LogP contribution >= 0.6 is 0 Å². The van der Waals surface area contributed by atoms with Crippen LogP contribution in [0.3, 0.4) is 0 Å². The van der Waals surface area contributed by atoms with Gasteiger partial charge < -0.3 is 14.7 Å². The smallest absolute Gasteiger partial charge is 0.259 e. The maximum atomic E-state index is 13.6. The van der Waals surface area contributed by atoms with E-state index in [1.165, 1.54) is 12.1 Å². The first-order valence-electron chi connectivity index (χ1n) is 11.7. The number of aliphatic hydroxyl groups is 1. The van der Waals surface area contributed by atoms with Gasteiger partial charge in [-0.2, -0.15) is 0 Å². The maximum absolute atomic E-state index is 13.6. The number of pyridine rings is 1. The summed E-state index contributed by atoms with van der Waals surface area (Å²) in [5, 5.41) is 9.80. The molecule has 0 saturated carbocycles. The van der Waals surface area contributed by atoms with Crippen molar-refractivity contribution in [1.82, 2.24) is 14.8 Å². The highest BCUT2D eigenvalue weighted by Crippen LogP contribution is 2.27. The molecule has 1 aliphatic rings. The van der Waals surface area contributed by atoms with Gasteiger partial charge in [0.1, 0.15) is 17.5 Å². The van der Waals surface area contributed by atoms with Crippen molar-refractivity contribution in [3.8, 4) is 17.7 Å². The van der Waals surface area contributed by atoms with Crippen LogP contribution in [0.15, 0.2) is 36.5 Å². The van der Waals surface area contributed by atoms with Crippen LogP contribution < -0.4 is 4.74 Å². The number of carbonyl (C=O) groups is 1. The Labute approximate surface area is 201 Å². The second kappa shape index (κ2) is 11.5. The number of ether oxygens (including phenoxy) is 1. The van der Waals surface area contributed by atoms with Gasteiger partial charge in [0.15, 0.2) is 0 Å². The molecule has 1 amide bonds. The lowest BCUT2D eigenvalue weighted by Gasteiger charge is -2.37. The molecular formula is C27H34FN3O3. The lowest BCUT2D eigenvalue weighted by Crippen LogP contribution is -2.49. The van der Waals surface area contributed by atoms with Crippen molar-refractivity contribution < 1.29 is 19.0 Å². The van der Waals surface area contributed by atoms with Crippen molar-refractivity contribution in [2.24, 2.45) is 11.8 Å². The molecule has 0 aliphatic carbocycles. The zero-order valence-corrected chi connectivity index (χ0v) is 20.6. The third-order valence-electron chi connectivity index (χ3n) is 5.86. The quantitative estimate of drug-likeness (QED) is 0.658. The Balaban J connectivity index is 1.90. The van der Waals surface area contributed by atoms with Crippen LogP contribution in [0.25, 0.3) is 0 Å². The van der Waals surface area contributed by atoms with E-state index in [0.29, 0.717) is 30.8 Å². The normalized spacial score (nSPS) is 19.1. The van der Waals surface area contributed by atoms with Gasteiger partial charge in [0, 0.05) is 43.2 Å². The van der Waals surface area contributed by atoms with E-state index < -0.39 is 0 Å². The van der Waals surface area contributed by atoms with Crippen LogP contribution in [-0.2, 0) is 6.54 Å². The summed E-state index contributed by atoms with van der Waals surface area (Å²) in [6.45, 7) is 9.26. The molecule has 7 heteroatoms. The lowest BCUT2D eigenvalue weighted by atomic mass is 9.99. The highest BCUT2D eigenvalue weighted by molar-refractivity contribution is 5.97. The molecule has 1 aliphatic heterocycles. The SMILES string of the molecule is CC(C)C#Cc1cnc2c(c1)C(=O)N([C@@H](C)CO)C[C@H](C)[C@H](CN(C)Cc1cccc(F)c1)O2. The Morgan fingerprint density at radius 3 is 2.76 bits per heavy atom. The van der Waals surface area contributed by atoms with E-state index in [1.54, 1.807) is 23.2 Å². The number of fused-ring (bicyclic) bond motifs is 1. The molecule has 0 bridgehead atoms. The molecule has 0 radical (unpaired) electrons. The number of aliphatic hydroxyl groups excluding tert-OH is 1. The first kappa shape index (κ1) is 25.7. The van der Waals surface area contributed by atoms with E-state index in [0.717, 1.165) is 5.56 Å². The van der Waals surface area contributed by atoms with Gasteiger partial charge in [-0.1, -0.05) is 44.7 Å². The first-order valence-corrected chi connectivity index (χ1v) is 11.7. The number of rotatable bonds is 6. The third-order valence-corrected chi connectivity index (χ3v) is 5.86. The zero-order valence-electron chi connectivity index (χ0n) is 20.6. The molecule has 3 atom stereocenters. The van der Waals surface area contributed by atoms with Crippen molar-refractivity contribution in [2.45, 2.75) is 46.4 Å². The van der Waals surface area contributed by atoms with Crippen molar-refractivity contribution in [3.05, 3.63) is 59.0 Å². The molecule has 0 saturated heterocycles. The summed E-state index contributed by atoms with van der Waals surface area (Å²) in [5.41, 5.74) is 1.87. The lowest BCUT2D eigenvalue weighted by molar-refractivity contribution is 0.0325. The molecule has 1 aromatic carbocycles. The Kier molecular flexibility index (Phi) is 8.65. The molecule has 0 fully saturated rings. The number of benzene rings is 1. The highest BCUT2D eigenvalue weighted by Gasteiger charge is 2.34. The Hall–Kier alpha value is -2.95. The summed E-state index contributed by atoms with van der Waals surface area (Å²) < 4.78 is 19.9. The molecule has 182 valence electrons. The second-order valence-electron chi connectivity index (χ2n) is 9.45. The van der Waals surface area contributed by atoms with Crippen LogP contribution in [0.5, 0.6) is 5.88 Å². The number of likely N-dealkylation sites (N-methyl/N-ethyl adjacent to an activating group) is 1. The third kappa shape index (κ3) is 6.55. The summed E-state index contributed by atoms with van der Waals surface area (Å²) in [6, 6.07) is 7.92. The van der Waals surface area contributed by atoms with Crippen LogP contribution in [0.2, 0.25) is 0 Å². The fourth-order valence-corrected chi connectivity index (χ4v) is 3.93. The van der Waals surface area contributed by atoms with Gasteiger partial charge >= 0.3 is 0 Å². The number of hydrogen-bond acceptors (Lipinski definition) is 5. The fourth-order valence-electron chi connectivity index (χ4n) is 3.93. The zero-order chi connectivity index (χ0) is 24.8. The Bertz CT molecular complexity index is 1060. The molecular weight excluding hydrogens is 433 g/mol. The molecule has 6 nitrogen and oxygen atoms in total. The van der Waals surface area contributed by atoms with E-state index >= 15 is 0 Å². The van der Waals surface area contributed by atoms with Gasteiger partial charge in [-0.05, 0) is 37.7 Å². The first-order chi connectivity index (χ1) is 16.2. The van der Waals surface area contributed by atoms with Gasteiger partial charge in [-0.25, -0.2) is 9.37 Å². The van der Waals surface area contributed by atoms with Crippen molar-refractivity contribution in [2.75, 3.05) is 26.7 Å². The predicted molar refractivity (Wildman–Crippen MR) is 130 cm³/mol. The minimum Gasteiger partial charge on any atom is -0.472 e.